The Morgan fingerprint density at radius 1 is 1.42 bits per heavy atom. The molecule has 19 heavy (non-hydrogen) atoms. The Labute approximate surface area is 113 Å². The van der Waals surface area contributed by atoms with Gasteiger partial charge in [-0.2, -0.15) is 5.10 Å². The van der Waals surface area contributed by atoms with E-state index < -0.39 is 0 Å². The first-order valence-electron chi connectivity index (χ1n) is 6.59. The zero-order valence-corrected chi connectivity index (χ0v) is 11.9. The van der Waals surface area contributed by atoms with Crippen LogP contribution in [0.25, 0.3) is 5.65 Å². The van der Waals surface area contributed by atoms with Gasteiger partial charge in [0.15, 0.2) is 5.65 Å². The van der Waals surface area contributed by atoms with Gasteiger partial charge >= 0.3 is 0 Å². The molecule has 0 radical (unpaired) electrons. The van der Waals surface area contributed by atoms with E-state index in [0.717, 1.165) is 17.8 Å². The van der Waals surface area contributed by atoms with Crippen LogP contribution in [0.1, 0.15) is 42.0 Å². The molecular formula is C14H20N4O. The molecule has 0 saturated heterocycles. The molecule has 1 N–H and O–H groups in total. The SMILES string of the molecule is Cc1cc(C)n2ncc(C(=O)NCCC(C)C)c2n1. The van der Waals surface area contributed by atoms with Crippen molar-refractivity contribution in [2.75, 3.05) is 6.54 Å². The number of hydrogen-bond acceptors (Lipinski definition) is 3. The monoisotopic (exact) mass is 260 g/mol. The third-order valence-electron chi connectivity index (χ3n) is 3.03. The Morgan fingerprint density at radius 3 is 2.84 bits per heavy atom. The lowest BCUT2D eigenvalue weighted by Gasteiger charge is -2.06. The highest BCUT2D eigenvalue weighted by atomic mass is 16.1. The van der Waals surface area contributed by atoms with Crippen molar-refractivity contribution >= 4 is 11.6 Å². The summed E-state index contributed by atoms with van der Waals surface area (Å²) < 4.78 is 1.70. The minimum Gasteiger partial charge on any atom is -0.352 e. The van der Waals surface area contributed by atoms with Gasteiger partial charge in [-0.15, -0.1) is 0 Å². The number of aryl methyl sites for hydroxylation is 2. The van der Waals surface area contributed by atoms with Gasteiger partial charge in [0.2, 0.25) is 0 Å². The van der Waals surface area contributed by atoms with Crippen LogP contribution in [0.2, 0.25) is 0 Å². The van der Waals surface area contributed by atoms with Crippen molar-refractivity contribution < 1.29 is 4.79 Å². The van der Waals surface area contributed by atoms with Crippen molar-refractivity contribution in [3.8, 4) is 0 Å². The highest BCUT2D eigenvalue weighted by molar-refractivity contribution is 5.99. The summed E-state index contributed by atoms with van der Waals surface area (Å²) in [6.07, 6.45) is 2.55. The van der Waals surface area contributed by atoms with E-state index in [0.29, 0.717) is 23.7 Å². The number of carbonyl (C=O) groups excluding carboxylic acids is 1. The Balaban J connectivity index is 2.23. The fourth-order valence-electron chi connectivity index (χ4n) is 2.00. The summed E-state index contributed by atoms with van der Waals surface area (Å²) in [4.78, 5) is 16.5. The van der Waals surface area contributed by atoms with Gasteiger partial charge in [-0.3, -0.25) is 4.79 Å². The summed E-state index contributed by atoms with van der Waals surface area (Å²) in [6.45, 7) is 8.82. The molecule has 0 aliphatic heterocycles. The third-order valence-corrected chi connectivity index (χ3v) is 3.03. The molecule has 2 heterocycles. The van der Waals surface area contributed by atoms with E-state index in [-0.39, 0.29) is 5.91 Å². The van der Waals surface area contributed by atoms with Crippen molar-refractivity contribution in [1.29, 1.82) is 0 Å². The summed E-state index contributed by atoms with van der Waals surface area (Å²) in [5.41, 5.74) is 3.03. The zero-order valence-electron chi connectivity index (χ0n) is 11.9. The summed E-state index contributed by atoms with van der Waals surface area (Å²) >= 11 is 0. The van der Waals surface area contributed by atoms with Crippen molar-refractivity contribution in [3.05, 3.63) is 29.2 Å². The minimum absolute atomic E-state index is 0.104. The molecule has 0 unspecified atom stereocenters. The van der Waals surface area contributed by atoms with Crippen LogP contribution in [0.5, 0.6) is 0 Å². The normalized spacial score (nSPS) is 11.2. The van der Waals surface area contributed by atoms with E-state index in [9.17, 15) is 4.79 Å². The smallest absolute Gasteiger partial charge is 0.256 e. The van der Waals surface area contributed by atoms with Gasteiger partial charge in [0, 0.05) is 17.9 Å². The molecule has 0 aromatic carbocycles. The molecule has 0 aliphatic carbocycles. The lowest BCUT2D eigenvalue weighted by atomic mass is 10.1. The molecule has 2 aromatic heterocycles. The average Bonchev–Trinajstić information content (AvgIpc) is 2.72. The maximum atomic E-state index is 12.1. The Morgan fingerprint density at radius 2 is 2.16 bits per heavy atom. The number of nitrogens with zero attached hydrogens (tertiary/aromatic N) is 3. The summed E-state index contributed by atoms with van der Waals surface area (Å²) in [5, 5.41) is 7.13. The van der Waals surface area contributed by atoms with E-state index >= 15 is 0 Å². The van der Waals surface area contributed by atoms with Crippen molar-refractivity contribution in [3.63, 3.8) is 0 Å². The standard InChI is InChI=1S/C14H20N4O/c1-9(2)5-6-15-14(19)12-8-16-18-11(4)7-10(3)17-13(12)18/h7-9H,5-6H2,1-4H3,(H,15,19). The fourth-order valence-corrected chi connectivity index (χ4v) is 2.00. The van der Waals surface area contributed by atoms with E-state index in [2.05, 4.69) is 29.2 Å². The maximum Gasteiger partial charge on any atom is 0.256 e. The van der Waals surface area contributed by atoms with E-state index in [4.69, 9.17) is 0 Å². The lowest BCUT2D eigenvalue weighted by Crippen LogP contribution is -2.25. The number of carbonyl (C=O) groups is 1. The van der Waals surface area contributed by atoms with E-state index in [1.54, 1.807) is 10.7 Å². The predicted molar refractivity (Wildman–Crippen MR) is 74.2 cm³/mol. The molecule has 5 nitrogen and oxygen atoms in total. The van der Waals surface area contributed by atoms with Crippen molar-refractivity contribution in [2.45, 2.75) is 34.1 Å². The van der Waals surface area contributed by atoms with E-state index in [1.165, 1.54) is 0 Å². The fraction of sp³-hybridized carbons (Fsp3) is 0.500. The molecule has 1 amide bonds. The number of amides is 1. The summed E-state index contributed by atoms with van der Waals surface area (Å²) in [7, 11) is 0. The molecule has 0 aliphatic rings. The van der Waals surface area contributed by atoms with Gasteiger partial charge < -0.3 is 5.32 Å². The summed E-state index contributed by atoms with van der Waals surface area (Å²) in [5.74, 6) is 0.472. The number of nitrogens with one attached hydrogen (secondary N) is 1. The topological polar surface area (TPSA) is 59.3 Å². The molecule has 0 fully saturated rings. The Hall–Kier alpha value is -1.91. The summed E-state index contributed by atoms with van der Waals surface area (Å²) in [6, 6.07) is 1.94. The average molecular weight is 260 g/mol. The molecule has 2 aromatic rings. The Kier molecular flexibility index (Phi) is 3.83. The molecule has 102 valence electrons. The maximum absolute atomic E-state index is 12.1. The number of rotatable bonds is 4. The molecule has 0 spiro atoms. The lowest BCUT2D eigenvalue weighted by molar-refractivity contribution is 0.0953. The van der Waals surface area contributed by atoms with Crippen molar-refractivity contribution in [2.24, 2.45) is 5.92 Å². The van der Waals surface area contributed by atoms with Crippen LogP contribution in [0.3, 0.4) is 0 Å². The van der Waals surface area contributed by atoms with Gasteiger partial charge in [0.1, 0.15) is 5.56 Å². The zero-order chi connectivity index (χ0) is 14.0. The third kappa shape index (κ3) is 2.92. The highest BCUT2D eigenvalue weighted by Crippen LogP contribution is 2.11. The van der Waals surface area contributed by atoms with Gasteiger partial charge in [0.25, 0.3) is 5.91 Å². The first kappa shape index (κ1) is 13.5. The first-order valence-corrected chi connectivity index (χ1v) is 6.59. The minimum atomic E-state index is -0.104. The predicted octanol–water partition coefficient (Wildman–Crippen LogP) is 2.12. The second-order valence-corrected chi connectivity index (χ2v) is 5.27. The molecule has 2 rings (SSSR count). The molecule has 0 bridgehead atoms. The second kappa shape index (κ2) is 5.38. The van der Waals surface area contributed by atoms with Crippen LogP contribution in [0.4, 0.5) is 0 Å². The van der Waals surface area contributed by atoms with Gasteiger partial charge in [-0.1, -0.05) is 13.8 Å². The van der Waals surface area contributed by atoms with Crippen LogP contribution in [-0.2, 0) is 0 Å². The highest BCUT2D eigenvalue weighted by Gasteiger charge is 2.14. The van der Waals surface area contributed by atoms with Gasteiger partial charge in [0.05, 0.1) is 6.20 Å². The first-order chi connectivity index (χ1) is 8.99. The largest absolute Gasteiger partial charge is 0.352 e. The molecule has 0 atom stereocenters. The van der Waals surface area contributed by atoms with Crippen LogP contribution in [0, 0.1) is 19.8 Å². The number of hydrogen-bond donors (Lipinski definition) is 1. The van der Waals surface area contributed by atoms with E-state index in [1.807, 2.05) is 19.9 Å². The van der Waals surface area contributed by atoms with Gasteiger partial charge in [-0.25, -0.2) is 9.50 Å². The molecule has 0 saturated carbocycles. The van der Waals surface area contributed by atoms with Crippen LogP contribution >= 0.6 is 0 Å². The second-order valence-electron chi connectivity index (χ2n) is 5.27. The van der Waals surface area contributed by atoms with Crippen LogP contribution in [0.15, 0.2) is 12.3 Å². The quantitative estimate of drug-likeness (QED) is 0.916. The van der Waals surface area contributed by atoms with Crippen LogP contribution < -0.4 is 5.32 Å². The van der Waals surface area contributed by atoms with Crippen LogP contribution in [-0.4, -0.2) is 27.0 Å². The number of aromatic nitrogens is 3. The number of fused-ring (bicyclic) bond motifs is 1. The molecule has 5 heteroatoms. The van der Waals surface area contributed by atoms with Gasteiger partial charge in [-0.05, 0) is 32.3 Å². The molecular weight excluding hydrogens is 240 g/mol. The Bertz CT molecular complexity index is 601. The van der Waals surface area contributed by atoms with Crippen molar-refractivity contribution in [1.82, 2.24) is 19.9 Å².